The predicted molar refractivity (Wildman–Crippen MR) is 78.7 cm³/mol. The van der Waals surface area contributed by atoms with Crippen LogP contribution >= 0.6 is 0 Å². The van der Waals surface area contributed by atoms with Crippen LogP contribution in [0.5, 0.6) is 5.75 Å². The van der Waals surface area contributed by atoms with Crippen LogP contribution in [0.4, 0.5) is 0 Å². The largest absolute Gasteiger partial charge is 0.508 e. The number of benzene rings is 1. The molecule has 2 nitrogen and oxygen atoms in total. The van der Waals surface area contributed by atoms with Crippen LogP contribution in [0.2, 0.25) is 0 Å². The Labute approximate surface area is 120 Å². The lowest BCUT2D eigenvalue weighted by atomic mass is 9.63. The molecule has 20 heavy (non-hydrogen) atoms. The Morgan fingerprint density at radius 1 is 1.20 bits per heavy atom. The van der Waals surface area contributed by atoms with Gasteiger partial charge >= 0.3 is 0 Å². The summed E-state index contributed by atoms with van der Waals surface area (Å²) in [6, 6.07) is 5.88. The number of aliphatic hydroxyl groups is 1. The van der Waals surface area contributed by atoms with Crippen LogP contribution in [0, 0.1) is 11.8 Å². The Balaban J connectivity index is 1.74. The van der Waals surface area contributed by atoms with Crippen LogP contribution in [-0.2, 0) is 6.42 Å². The van der Waals surface area contributed by atoms with Crippen LogP contribution < -0.4 is 0 Å². The standard InChI is InChI=1S/C18H22O2/c1-18(20)9-8-16-15-4-2-11-10-12(19)3-5-13(11)14(15)6-7-17(16)18/h3,5,7,10,14-16,19-20H,2,4,6,8-9H2,1H3/t14?,15-,16?,18+/m1/s1. The SMILES string of the molecule is C[C@]1(O)CCC2C1=CCC1c3ccc(O)cc3CC[C@@H]21. The highest BCUT2D eigenvalue weighted by Crippen LogP contribution is 2.55. The van der Waals surface area contributed by atoms with Crippen LogP contribution in [-0.4, -0.2) is 15.8 Å². The topological polar surface area (TPSA) is 40.5 Å². The van der Waals surface area contributed by atoms with E-state index >= 15 is 0 Å². The molecule has 0 bridgehead atoms. The van der Waals surface area contributed by atoms with Gasteiger partial charge in [0.05, 0.1) is 5.60 Å². The minimum absolute atomic E-state index is 0.387. The molecule has 0 heterocycles. The zero-order valence-electron chi connectivity index (χ0n) is 12.0. The Hall–Kier alpha value is -1.28. The molecule has 4 rings (SSSR count). The van der Waals surface area contributed by atoms with Crippen LogP contribution in [0.25, 0.3) is 0 Å². The van der Waals surface area contributed by atoms with Gasteiger partial charge in [0.2, 0.25) is 0 Å². The van der Waals surface area contributed by atoms with Gasteiger partial charge in [-0.15, -0.1) is 0 Å². The Bertz CT molecular complexity index is 585. The Morgan fingerprint density at radius 2 is 2.05 bits per heavy atom. The summed E-state index contributed by atoms with van der Waals surface area (Å²) in [5.41, 5.74) is 3.50. The van der Waals surface area contributed by atoms with Gasteiger partial charge < -0.3 is 10.2 Å². The molecule has 0 saturated heterocycles. The molecule has 0 amide bonds. The van der Waals surface area contributed by atoms with Gasteiger partial charge in [0, 0.05) is 0 Å². The van der Waals surface area contributed by atoms with Gasteiger partial charge in [0.25, 0.3) is 0 Å². The third-order valence-electron chi connectivity index (χ3n) is 5.86. The average Bonchev–Trinajstić information content (AvgIpc) is 2.74. The lowest BCUT2D eigenvalue weighted by Gasteiger charge is -2.41. The van der Waals surface area contributed by atoms with Gasteiger partial charge in [-0.05, 0) is 85.6 Å². The predicted octanol–water partition coefficient (Wildman–Crippen LogP) is 3.53. The number of fused-ring (bicyclic) bond motifs is 5. The summed E-state index contributed by atoms with van der Waals surface area (Å²) in [6.45, 7) is 1.98. The van der Waals surface area contributed by atoms with Crippen molar-refractivity contribution in [3.8, 4) is 5.75 Å². The lowest BCUT2D eigenvalue weighted by molar-refractivity contribution is 0.101. The molecule has 1 saturated carbocycles. The van der Waals surface area contributed by atoms with Gasteiger partial charge in [-0.25, -0.2) is 0 Å². The third kappa shape index (κ3) is 1.67. The Kier molecular flexibility index (Phi) is 2.56. The molecule has 0 aliphatic heterocycles. The number of allylic oxidation sites excluding steroid dienone is 1. The summed E-state index contributed by atoms with van der Waals surface area (Å²) in [6.07, 6.45) is 7.66. The van der Waals surface area contributed by atoms with Crippen molar-refractivity contribution < 1.29 is 10.2 Å². The van der Waals surface area contributed by atoms with E-state index in [-0.39, 0.29) is 0 Å². The number of hydrogen-bond acceptors (Lipinski definition) is 2. The molecule has 1 aromatic carbocycles. The molecule has 0 aromatic heterocycles. The number of aryl methyl sites for hydroxylation is 1. The highest BCUT2D eigenvalue weighted by molar-refractivity contribution is 5.42. The fraction of sp³-hybridized carbons (Fsp3) is 0.556. The van der Waals surface area contributed by atoms with E-state index in [0.29, 0.717) is 23.5 Å². The molecular weight excluding hydrogens is 248 g/mol. The van der Waals surface area contributed by atoms with Crippen LogP contribution in [0.15, 0.2) is 29.8 Å². The average molecular weight is 270 g/mol. The van der Waals surface area contributed by atoms with E-state index in [9.17, 15) is 10.2 Å². The van der Waals surface area contributed by atoms with E-state index in [1.165, 1.54) is 23.1 Å². The molecule has 0 spiro atoms. The second-order valence-corrected chi connectivity index (χ2v) is 7.01. The summed E-state index contributed by atoms with van der Waals surface area (Å²) in [5.74, 6) is 2.23. The van der Waals surface area contributed by atoms with Crippen molar-refractivity contribution in [2.24, 2.45) is 11.8 Å². The molecule has 4 atom stereocenters. The van der Waals surface area contributed by atoms with Gasteiger partial charge in [-0.1, -0.05) is 12.1 Å². The molecule has 3 aliphatic rings. The first-order valence-corrected chi connectivity index (χ1v) is 7.81. The zero-order chi connectivity index (χ0) is 13.9. The molecular formula is C18H22O2. The summed E-state index contributed by atoms with van der Waals surface area (Å²) in [5, 5.41) is 20.2. The van der Waals surface area contributed by atoms with Crippen molar-refractivity contribution in [2.75, 3.05) is 0 Å². The quantitative estimate of drug-likeness (QED) is 0.708. The first-order chi connectivity index (χ1) is 9.56. The van der Waals surface area contributed by atoms with Crippen LogP contribution in [0.3, 0.4) is 0 Å². The van der Waals surface area contributed by atoms with Crippen molar-refractivity contribution in [3.63, 3.8) is 0 Å². The minimum atomic E-state index is -0.565. The van der Waals surface area contributed by atoms with Crippen molar-refractivity contribution in [1.82, 2.24) is 0 Å². The molecule has 3 aliphatic carbocycles. The first-order valence-electron chi connectivity index (χ1n) is 7.81. The minimum Gasteiger partial charge on any atom is -0.508 e. The normalized spacial score (nSPS) is 38.7. The van der Waals surface area contributed by atoms with E-state index in [4.69, 9.17) is 0 Å². The maximum Gasteiger partial charge on any atom is 0.115 e. The summed E-state index contributed by atoms with van der Waals surface area (Å²) in [4.78, 5) is 0. The molecule has 2 unspecified atom stereocenters. The molecule has 1 fully saturated rings. The number of phenolic OH excluding ortho intramolecular Hbond substituents is 1. The van der Waals surface area contributed by atoms with Crippen molar-refractivity contribution >= 4 is 0 Å². The monoisotopic (exact) mass is 270 g/mol. The summed E-state index contributed by atoms with van der Waals surface area (Å²) in [7, 11) is 0. The second kappa shape index (κ2) is 4.11. The number of aromatic hydroxyl groups is 1. The lowest BCUT2D eigenvalue weighted by Crippen LogP contribution is -2.33. The number of rotatable bonds is 0. The van der Waals surface area contributed by atoms with E-state index in [1.807, 2.05) is 19.1 Å². The summed E-state index contributed by atoms with van der Waals surface area (Å²) >= 11 is 0. The Morgan fingerprint density at radius 3 is 2.90 bits per heavy atom. The van der Waals surface area contributed by atoms with Gasteiger partial charge in [0.15, 0.2) is 0 Å². The van der Waals surface area contributed by atoms with E-state index in [2.05, 4.69) is 12.1 Å². The van der Waals surface area contributed by atoms with Gasteiger partial charge in [-0.3, -0.25) is 0 Å². The molecule has 2 N–H and O–H groups in total. The fourth-order valence-corrected chi connectivity index (χ4v) is 4.91. The van der Waals surface area contributed by atoms with Gasteiger partial charge in [0.1, 0.15) is 5.75 Å². The highest BCUT2D eigenvalue weighted by atomic mass is 16.3. The molecule has 1 aromatic rings. The molecule has 2 heteroatoms. The van der Waals surface area contributed by atoms with E-state index < -0.39 is 5.60 Å². The van der Waals surface area contributed by atoms with Crippen molar-refractivity contribution in [2.45, 2.75) is 50.5 Å². The fourth-order valence-electron chi connectivity index (χ4n) is 4.91. The van der Waals surface area contributed by atoms with Gasteiger partial charge in [-0.2, -0.15) is 0 Å². The maximum absolute atomic E-state index is 10.5. The third-order valence-corrected chi connectivity index (χ3v) is 5.86. The molecule has 106 valence electrons. The smallest absolute Gasteiger partial charge is 0.115 e. The first kappa shape index (κ1) is 12.5. The van der Waals surface area contributed by atoms with E-state index in [1.54, 1.807) is 0 Å². The second-order valence-electron chi connectivity index (χ2n) is 7.01. The maximum atomic E-state index is 10.5. The van der Waals surface area contributed by atoms with Crippen LogP contribution in [0.1, 0.15) is 49.7 Å². The summed E-state index contributed by atoms with van der Waals surface area (Å²) < 4.78 is 0. The number of phenols is 1. The molecule has 0 radical (unpaired) electrons. The number of hydrogen-bond donors (Lipinski definition) is 2. The highest BCUT2D eigenvalue weighted by Gasteiger charge is 2.47. The van der Waals surface area contributed by atoms with E-state index in [0.717, 1.165) is 25.7 Å². The van der Waals surface area contributed by atoms with Crippen molar-refractivity contribution in [1.29, 1.82) is 0 Å². The van der Waals surface area contributed by atoms with Crippen molar-refractivity contribution in [3.05, 3.63) is 41.0 Å². The zero-order valence-corrected chi connectivity index (χ0v) is 12.0.